The number of halogens is 4. The molecule has 0 atom stereocenters. The molecule has 0 saturated carbocycles. The molecular weight excluding hydrogens is 414 g/mol. The third kappa shape index (κ3) is 3.76. The van der Waals surface area contributed by atoms with Crippen LogP contribution >= 0.6 is 31.9 Å². The van der Waals surface area contributed by atoms with Crippen LogP contribution in [-0.2, 0) is 6.54 Å². The van der Waals surface area contributed by atoms with Crippen molar-refractivity contribution < 1.29 is 13.7 Å². The van der Waals surface area contributed by atoms with E-state index in [9.17, 15) is 18.9 Å². The molecule has 0 aliphatic heterocycles. The van der Waals surface area contributed by atoms with Crippen LogP contribution in [0.15, 0.2) is 39.3 Å². The molecule has 0 spiro atoms. The molecule has 21 heavy (non-hydrogen) atoms. The Morgan fingerprint density at radius 2 is 1.81 bits per heavy atom. The van der Waals surface area contributed by atoms with Crippen LogP contribution in [0.5, 0.6) is 0 Å². The molecule has 0 unspecified atom stereocenters. The first-order valence-electron chi connectivity index (χ1n) is 5.69. The minimum absolute atomic E-state index is 0.0740. The number of benzene rings is 2. The van der Waals surface area contributed by atoms with Crippen LogP contribution < -0.4 is 5.32 Å². The fourth-order valence-electron chi connectivity index (χ4n) is 1.66. The van der Waals surface area contributed by atoms with Crippen LogP contribution in [0.4, 0.5) is 20.2 Å². The van der Waals surface area contributed by atoms with Crippen LogP contribution in [0, 0.1) is 21.7 Å². The zero-order valence-electron chi connectivity index (χ0n) is 10.4. The van der Waals surface area contributed by atoms with Crippen molar-refractivity contribution in [3.63, 3.8) is 0 Å². The van der Waals surface area contributed by atoms with E-state index in [-0.39, 0.29) is 22.4 Å². The van der Waals surface area contributed by atoms with E-state index in [1.807, 2.05) is 0 Å². The molecule has 0 aliphatic carbocycles. The highest BCUT2D eigenvalue weighted by Gasteiger charge is 2.13. The lowest BCUT2D eigenvalue weighted by molar-refractivity contribution is -0.385. The highest BCUT2D eigenvalue weighted by molar-refractivity contribution is 9.10. The fourth-order valence-corrected chi connectivity index (χ4v) is 2.40. The number of rotatable bonds is 4. The molecule has 4 nitrogen and oxygen atoms in total. The van der Waals surface area contributed by atoms with Gasteiger partial charge in [-0.15, -0.1) is 0 Å². The van der Waals surface area contributed by atoms with Gasteiger partial charge >= 0.3 is 0 Å². The third-order valence-corrected chi connectivity index (χ3v) is 3.98. The number of anilines is 1. The van der Waals surface area contributed by atoms with Gasteiger partial charge in [0.1, 0.15) is 11.6 Å². The second-order valence-electron chi connectivity index (χ2n) is 4.14. The lowest BCUT2D eigenvalue weighted by Gasteiger charge is -2.09. The summed E-state index contributed by atoms with van der Waals surface area (Å²) in [6.45, 7) is 0.170. The van der Waals surface area contributed by atoms with E-state index in [0.717, 1.165) is 6.07 Å². The Morgan fingerprint density at radius 1 is 1.10 bits per heavy atom. The number of nitrogens with one attached hydrogen (secondary N) is 1. The average Bonchev–Trinajstić information content (AvgIpc) is 2.42. The largest absolute Gasteiger partial charge is 0.379 e. The number of nitro benzene ring substituents is 1. The van der Waals surface area contributed by atoms with E-state index in [2.05, 4.69) is 37.2 Å². The molecule has 0 aromatic heterocycles. The molecule has 2 aromatic carbocycles. The number of hydrogen-bond acceptors (Lipinski definition) is 3. The molecule has 0 bridgehead atoms. The molecule has 0 amide bonds. The molecule has 8 heteroatoms. The third-order valence-electron chi connectivity index (χ3n) is 2.70. The maximum Gasteiger partial charge on any atom is 0.283 e. The molecule has 110 valence electrons. The second kappa shape index (κ2) is 6.48. The molecule has 0 fully saturated rings. The van der Waals surface area contributed by atoms with Crippen molar-refractivity contribution >= 4 is 43.2 Å². The molecule has 0 heterocycles. The number of hydrogen-bond donors (Lipinski definition) is 1. The molecule has 1 N–H and O–H groups in total. The number of nitrogens with zero attached hydrogens (tertiary/aromatic N) is 1. The van der Waals surface area contributed by atoms with Crippen LogP contribution in [0.3, 0.4) is 0 Å². The predicted molar refractivity (Wildman–Crippen MR) is 82.2 cm³/mol. The van der Waals surface area contributed by atoms with Gasteiger partial charge in [-0.1, -0.05) is 6.07 Å². The van der Waals surface area contributed by atoms with Gasteiger partial charge in [-0.3, -0.25) is 10.1 Å². The van der Waals surface area contributed by atoms with Crippen LogP contribution in [-0.4, -0.2) is 4.92 Å². The Morgan fingerprint density at radius 3 is 2.48 bits per heavy atom. The Bertz CT molecular complexity index is 711. The topological polar surface area (TPSA) is 55.2 Å². The molecule has 2 aromatic rings. The minimum Gasteiger partial charge on any atom is -0.379 e. The fraction of sp³-hybridized carbons (Fsp3) is 0.0769. The quantitative estimate of drug-likeness (QED) is 0.429. The van der Waals surface area contributed by atoms with Crippen molar-refractivity contribution in [3.8, 4) is 0 Å². The SMILES string of the molecule is O=[N+]([O-])c1cc(CNc2cc(Br)c(F)cc2F)ccc1Br. The van der Waals surface area contributed by atoms with Gasteiger partial charge in [-0.25, -0.2) is 8.78 Å². The Kier molecular flexibility index (Phi) is 4.89. The summed E-state index contributed by atoms with van der Waals surface area (Å²) >= 11 is 6.06. The van der Waals surface area contributed by atoms with Crippen molar-refractivity contribution in [3.05, 3.63) is 66.6 Å². The minimum atomic E-state index is -0.734. The highest BCUT2D eigenvalue weighted by Crippen LogP contribution is 2.27. The van der Waals surface area contributed by atoms with Crippen molar-refractivity contribution in [2.45, 2.75) is 6.54 Å². The Labute approximate surface area is 135 Å². The van der Waals surface area contributed by atoms with E-state index in [4.69, 9.17) is 0 Å². The summed E-state index contributed by atoms with van der Waals surface area (Å²) in [5.41, 5.74) is 0.633. The Balaban J connectivity index is 2.19. The van der Waals surface area contributed by atoms with E-state index in [1.165, 1.54) is 12.1 Å². The summed E-state index contributed by atoms with van der Waals surface area (Å²) in [4.78, 5) is 10.3. The van der Waals surface area contributed by atoms with Gasteiger partial charge in [0, 0.05) is 18.7 Å². The van der Waals surface area contributed by atoms with Gasteiger partial charge in [0.2, 0.25) is 0 Å². The first-order valence-corrected chi connectivity index (χ1v) is 7.28. The van der Waals surface area contributed by atoms with Crippen molar-refractivity contribution in [2.75, 3.05) is 5.32 Å². The first-order chi connectivity index (χ1) is 9.88. The van der Waals surface area contributed by atoms with Crippen LogP contribution in [0.1, 0.15) is 5.56 Å². The van der Waals surface area contributed by atoms with E-state index in [0.29, 0.717) is 10.0 Å². The van der Waals surface area contributed by atoms with Crippen molar-refractivity contribution in [2.24, 2.45) is 0 Å². The maximum atomic E-state index is 13.6. The second-order valence-corrected chi connectivity index (χ2v) is 5.85. The van der Waals surface area contributed by atoms with Gasteiger partial charge in [0.25, 0.3) is 5.69 Å². The normalized spacial score (nSPS) is 10.5. The Hall–Kier alpha value is -1.54. The zero-order chi connectivity index (χ0) is 15.6. The number of nitro groups is 1. The summed E-state index contributed by atoms with van der Waals surface area (Å²) in [5, 5.41) is 13.6. The smallest absolute Gasteiger partial charge is 0.283 e. The summed E-state index contributed by atoms with van der Waals surface area (Å²) in [7, 11) is 0. The monoisotopic (exact) mass is 420 g/mol. The summed E-state index contributed by atoms with van der Waals surface area (Å²) in [6, 6.07) is 6.63. The lowest BCUT2D eigenvalue weighted by Crippen LogP contribution is -2.03. The molecule has 2 rings (SSSR count). The highest BCUT2D eigenvalue weighted by atomic mass is 79.9. The van der Waals surface area contributed by atoms with Crippen molar-refractivity contribution in [1.29, 1.82) is 0 Å². The standard InChI is InChI=1S/C13H8Br2F2N2O2/c14-8-2-1-7(3-13(8)19(20)21)6-18-12-4-9(15)10(16)5-11(12)17/h1-5,18H,6H2. The van der Waals surface area contributed by atoms with Gasteiger partial charge in [-0.2, -0.15) is 0 Å². The maximum absolute atomic E-state index is 13.6. The molecule has 0 aliphatic rings. The van der Waals surface area contributed by atoms with Crippen LogP contribution in [0.25, 0.3) is 0 Å². The average molecular weight is 422 g/mol. The molecule has 0 saturated heterocycles. The van der Waals surface area contributed by atoms with Gasteiger partial charge in [0.15, 0.2) is 0 Å². The first kappa shape index (κ1) is 15.8. The lowest BCUT2D eigenvalue weighted by atomic mass is 10.2. The zero-order valence-corrected chi connectivity index (χ0v) is 13.5. The predicted octanol–water partition coefficient (Wildman–Crippen LogP) is 5.01. The van der Waals surface area contributed by atoms with E-state index >= 15 is 0 Å². The van der Waals surface area contributed by atoms with Gasteiger partial charge < -0.3 is 5.32 Å². The van der Waals surface area contributed by atoms with E-state index in [1.54, 1.807) is 12.1 Å². The van der Waals surface area contributed by atoms with E-state index < -0.39 is 16.6 Å². The summed E-state index contributed by atoms with van der Waals surface area (Å²) in [5.74, 6) is -1.43. The summed E-state index contributed by atoms with van der Waals surface area (Å²) < 4.78 is 27.2. The molecule has 0 radical (unpaired) electrons. The molecular formula is C13H8Br2F2N2O2. The van der Waals surface area contributed by atoms with Gasteiger partial charge in [-0.05, 0) is 49.6 Å². The van der Waals surface area contributed by atoms with Crippen LogP contribution in [0.2, 0.25) is 0 Å². The van der Waals surface area contributed by atoms with Crippen molar-refractivity contribution in [1.82, 2.24) is 0 Å². The summed E-state index contributed by atoms with van der Waals surface area (Å²) in [6.07, 6.45) is 0. The van der Waals surface area contributed by atoms with Gasteiger partial charge in [0.05, 0.1) is 19.6 Å².